The van der Waals surface area contributed by atoms with E-state index in [1.807, 2.05) is 42.5 Å². The van der Waals surface area contributed by atoms with E-state index in [0.717, 1.165) is 24.8 Å². The predicted molar refractivity (Wildman–Crippen MR) is 131 cm³/mol. The van der Waals surface area contributed by atoms with Crippen LogP contribution in [0.5, 0.6) is 0 Å². The standard InChI is InChI=1S/C26H26ClN3O4/c1-15-22-24(29-34-15)23-20(27)11-6-12-21(23)30(26(22)33)18-10-5-9-17(13-18)28-25(32)19(14-31)16-7-3-2-4-8-16/h2-4,6-8,11-12,17-19,31H,5,9-10,13-14H2,1H3,(H,28,32). The molecule has 1 fully saturated rings. The van der Waals surface area contributed by atoms with Crippen LogP contribution >= 0.6 is 11.6 Å². The molecule has 1 aliphatic rings. The third-order valence-electron chi connectivity index (χ3n) is 6.84. The van der Waals surface area contributed by atoms with E-state index in [1.165, 1.54) is 0 Å². The Hall–Kier alpha value is -3.16. The smallest absolute Gasteiger partial charge is 0.264 e. The normalized spacial score (nSPS) is 19.4. The van der Waals surface area contributed by atoms with Crippen LogP contribution in [0.1, 0.15) is 49.0 Å². The molecule has 176 valence electrons. The summed E-state index contributed by atoms with van der Waals surface area (Å²) < 4.78 is 7.15. The highest BCUT2D eigenvalue weighted by molar-refractivity contribution is 6.37. The fraction of sp³-hybridized carbons (Fsp3) is 0.346. The van der Waals surface area contributed by atoms with Crippen molar-refractivity contribution in [3.63, 3.8) is 0 Å². The SMILES string of the molecule is Cc1onc2c1c(=O)n(C1CCCC(NC(=O)C(CO)c3ccccc3)C1)c1cccc(Cl)c21. The number of fused-ring (bicyclic) bond motifs is 3. The highest BCUT2D eigenvalue weighted by atomic mass is 35.5. The second-order valence-corrected chi connectivity index (χ2v) is 9.35. The molecule has 7 nitrogen and oxygen atoms in total. The van der Waals surface area contributed by atoms with Crippen molar-refractivity contribution in [3.8, 4) is 0 Å². The van der Waals surface area contributed by atoms with E-state index in [0.29, 0.717) is 39.0 Å². The molecule has 3 atom stereocenters. The Bertz CT molecular complexity index is 1410. The molecule has 1 amide bonds. The molecule has 0 aliphatic heterocycles. The first-order chi connectivity index (χ1) is 16.5. The van der Waals surface area contributed by atoms with Gasteiger partial charge in [0.25, 0.3) is 5.56 Å². The highest BCUT2D eigenvalue weighted by Gasteiger charge is 2.30. The number of hydrogen-bond donors (Lipinski definition) is 2. The van der Waals surface area contributed by atoms with E-state index in [1.54, 1.807) is 17.6 Å². The van der Waals surface area contributed by atoms with Crippen LogP contribution < -0.4 is 10.9 Å². The molecular weight excluding hydrogens is 454 g/mol. The van der Waals surface area contributed by atoms with Gasteiger partial charge in [-0.3, -0.25) is 9.59 Å². The minimum Gasteiger partial charge on any atom is -0.395 e. The van der Waals surface area contributed by atoms with Crippen LogP contribution in [-0.4, -0.2) is 33.4 Å². The second-order valence-electron chi connectivity index (χ2n) is 8.94. The van der Waals surface area contributed by atoms with Crippen molar-refractivity contribution < 1.29 is 14.4 Å². The molecule has 2 heterocycles. The number of aryl methyl sites for hydroxylation is 1. The zero-order chi connectivity index (χ0) is 23.8. The third kappa shape index (κ3) is 3.89. The number of aliphatic hydroxyl groups excluding tert-OH is 1. The zero-order valence-electron chi connectivity index (χ0n) is 18.8. The van der Waals surface area contributed by atoms with Gasteiger partial charge in [0.1, 0.15) is 16.7 Å². The van der Waals surface area contributed by atoms with Gasteiger partial charge >= 0.3 is 0 Å². The Morgan fingerprint density at radius 3 is 2.76 bits per heavy atom. The Balaban J connectivity index is 1.48. The highest BCUT2D eigenvalue weighted by Crippen LogP contribution is 2.35. The third-order valence-corrected chi connectivity index (χ3v) is 7.16. The molecule has 0 bridgehead atoms. The molecule has 0 saturated heterocycles. The monoisotopic (exact) mass is 479 g/mol. The number of halogens is 1. The Morgan fingerprint density at radius 2 is 2.00 bits per heavy atom. The van der Waals surface area contributed by atoms with E-state index in [9.17, 15) is 14.7 Å². The molecule has 2 aromatic heterocycles. The summed E-state index contributed by atoms with van der Waals surface area (Å²) in [6, 6.07) is 14.5. The van der Waals surface area contributed by atoms with Gasteiger partial charge in [0, 0.05) is 17.5 Å². The minimum atomic E-state index is -0.625. The first-order valence-electron chi connectivity index (χ1n) is 11.5. The van der Waals surface area contributed by atoms with Crippen molar-refractivity contribution in [1.82, 2.24) is 15.0 Å². The fourth-order valence-electron chi connectivity index (χ4n) is 5.19. The maximum atomic E-state index is 13.6. The van der Waals surface area contributed by atoms with Crippen LogP contribution in [0.25, 0.3) is 21.8 Å². The van der Waals surface area contributed by atoms with Gasteiger partial charge in [0.2, 0.25) is 5.91 Å². The zero-order valence-corrected chi connectivity index (χ0v) is 19.6. The Kier molecular flexibility index (Phi) is 6.15. The summed E-state index contributed by atoms with van der Waals surface area (Å²) in [6.07, 6.45) is 3.10. The lowest BCUT2D eigenvalue weighted by Gasteiger charge is -2.32. The van der Waals surface area contributed by atoms with Crippen LogP contribution in [0.4, 0.5) is 0 Å². The molecule has 5 rings (SSSR count). The van der Waals surface area contributed by atoms with Gasteiger partial charge in [-0.05, 0) is 50.3 Å². The van der Waals surface area contributed by atoms with Crippen molar-refractivity contribution in [3.05, 3.63) is 75.2 Å². The number of hydrogen-bond acceptors (Lipinski definition) is 5. The molecule has 8 heteroatoms. The summed E-state index contributed by atoms with van der Waals surface area (Å²) in [7, 11) is 0. The number of carbonyl (C=O) groups excluding carboxylic acids is 1. The lowest BCUT2D eigenvalue weighted by Crippen LogP contribution is -2.43. The molecular formula is C26H26ClN3O4. The number of aromatic nitrogens is 2. The van der Waals surface area contributed by atoms with Gasteiger partial charge in [-0.15, -0.1) is 0 Å². The van der Waals surface area contributed by atoms with Crippen LogP contribution in [0.15, 0.2) is 57.8 Å². The van der Waals surface area contributed by atoms with E-state index >= 15 is 0 Å². The van der Waals surface area contributed by atoms with Crippen LogP contribution in [0, 0.1) is 6.92 Å². The lowest BCUT2D eigenvalue weighted by molar-refractivity contribution is -0.124. The number of benzene rings is 2. The van der Waals surface area contributed by atoms with Gasteiger partial charge in [-0.25, -0.2) is 0 Å². The number of nitrogens with one attached hydrogen (secondary N) is 1. The molecule has 0 spiro atoms. The Labute approximate surface area is 201 Å². The molecule has 1 saturated carbocycles. The van der Waals surface area contributed by atoms with Crippen molar-refractivity contribution in [2.75, 3.05) is 6.61 Å². The number of amides is 1. The predicted octanol–water partition coefficient (Wildman–Crippen LogP) is 4.48. The van der Waals surface area contributed by atoms with E-state index in [4.69, 9.17) is 16.1 Å². The van der Waals surface area contributed by atoms with Gasteiger partial charge in [0.05, 0.1) is 23.1 Å². The first kappa shape index (κ1) is 22.6. The molecule has 4 aromatic rings. The summed E-state index contributed by atoms with van der Waals surface area (Å²) in [5.74, 6) is -0.366. The van der Waals surface area contributed by atoms with Crippen molar-refractivity contribution in [2.45, 2.75) is 50.6 Å². The molecule has 2 N–H and O–H groups in total. The summed E-state index contributed by atoms with van der Waals surface area (Å²) in [6.45, 7) is 1.46. The lowest BCUT2D eigenvalue weighted by atomic mass is 9.89. The number of rotatable bonds is 5. The quantitative estimate of drug-likeness (QED) is 0.440. The van der Waals surface area contributed by atoms with E-state index in [-0.39, 0.29) is 30.2 Å². The van der Waals surface area contributed by atoms with E-state index < -0.39 is 5.92 Å². The first-order valence-corrected chi connectivity index (χ1v) is 11.9. The van der Waals surface area contributed by atoms with Gasteiger partial charge in [-0.1, -0.05) is 53.2 Å². The summed E-state index contributed by atoms with van der Waals surface area (Å²) in [5.41, 5.74) is 1.82. The average Bonchev–Trinajstić information content (AvgIpc) is 3.22. The number of aliphatic hydroxyl groups is 1. The molecule has 1 aliphatic carbocycles. The Morgan fingerprint density at radius 1 is 1.21 bits per heavy atom. The molecule has 2 aromatic carbocycles. The molecule has 3 unspecified atom stereocenters. The van der Waals surface area contributed by atoms with Gasteiger partial charge in [-0.2, -0.15) is 0 Å². The van der Waals surface area contributed by atoms with Crippen LogP contribution in [0.2, 0.25) is 5.02 Å². The van der Waals surface area contributed by atoms with Gasteiger partial charge in [0.15, 0.2) is 0 Å². The van der Waals surface area contributed by atoms with Crippen LogP contribution in [-0.2, 0) is 4.79 Å². The average molecular weight is 480 g/mol. The minimum absolute atomic E-state index is 0.107. The van der Waals surface area contributed by atoms with Crippen LogP contribution in [0.3, 0.4) is 0 Å². The number of pyridine rings is 1. The largest absolute Gasteiger partial charge is 0.395 e. The van der Waals surface area contributed by atoms with Crippen molar-refractivity contribution in [2.24, 2.45) is 0 Å². The van der Waals surface area contributed by atoms with Crippen molar-refractivity contribution in [1.29, 1.82) is 0 Å². The second kappa shape index (κ2) is 9.24. The van der Waals surface area contributed by atoms with Gasteiger partial charge < -0.3 is 19.5 Å². The molecule has 34 heavy (non-hydrogen) atoms. The number of nitrogens with zero attached hydrogens (tertiary/aromatic N) is 2. The summed E-state index contributed by atoms with van der Waals surface area (Å²) in [5, 5.41) is 18.7. The summed E-state index contributed by atoms with van der Waals surface area (Å²) >= 11 is 6.54. The maximum Gasteiger partial charge on any atom is 0.264 e. The maximum absolute atomic E-state index is 13.6. The number of carbonyl (C=O) groups is 1. The summed E-state index contributed by atoms with van der Waals surface area (Å²) in [4.78, 5) is 26.6. The van der Waals surface area contributed by atoms with Crippen molar-refractivity contribution >= 4 is 39.3 Å². The topological polar surface area (TPSA) is 97.4 Å². The van der Waals surface area contributed by atoms with E-state index in [2.05, 4.69) is 10.5 Å². The fourth-order valence-corrected chi connectivity index (χ4v) is 5.45. The molecule has 0 radical (unpaired) electrons.